The van der Waals surface area contributed by atoms with E-state index in [1.807, 2.05) is 7.05 Å². The molecule has 1 heterocycles. The number of nitrogens with zero attached hydrogens (tertiary/aromatic N) is 1. The number of aliphatic carboxylic acids is 1. The molecule has 2 atom stereocenters. The summed E-state index contributed by atoms with van der Waals surface area (Å²) >= 11 is 0. The van der Waals surface area contributed by atoms with Crippen LogP contribution in [-0.4, -0.2) is 55.0 Å². The maximum Gasteiger partial charge on any atom is 0.321 e. The van der Waals surface area contributed by atoms with Crippen LogP contribution >= 0.6 is 0 Å². The Balaban J connectivity index is 2.58. The van der Waals surface area contributed by atoms with Gasteiger partial charge in [0.05, 0.1) is 5.75 Å². The van der Waals surface area contributed by atoms with Crippen molar-refractivity contribution < 1.29 is 18.3 Å². The molecule has 0 aromatic carbocycles. The summed E-state index contributed by atoms with van der Waals surface area (Å²) in [4.78, 5) is 13.1. The number of sulfone groups is 1. The lowest BCUT2D eigenvalue weighted by Gasteiger charge is -2.32. The molecular formula is C12H23NO4S. The minimum Gasteiger partial charge on any atom is -0.480 e. The first-order valence-corrected chi connectivity index (χ1v) is 8.24. The topological polar surface area (TPSA) is 74.7 Å². The second-order valence-electron chi connectivity index (χ2n) is 5.02. The fraction of sp³-hybridized carbons (Fsp3) is 0.917. The van der Waals surface area contributed by atoms with E-state index >= 15 is 0 Å². The Morgan fingerprint density at radius 1 is 1.44 bits per heavy atom. The number of hydrogen-bond acceptors (Lipinski definition) is 4. The molecule has 1 fully saturated rings. The van der Waals surface area contributed by atoms with E-state index in [2.05, 4.69) is 4.90 Å². The average molecular weight is 277 g/mol. The van der Waals surface area contributed by atoms with Crippen molar-refractivity contribution in [1.29, 1.82) is 0 Å². The highest BCUT2D eigenvalue weighted by Crippen LogP contribution is 2.19. The number of rotatable bonds is 6. The van der Waals surface area contributed by atoms with Crippen molar-refractivity contribution in [2.75, 3.05) is 19.3 Å². The summed E-state index contributed by atoms with van der Waals surface area (Å²) in [6, 6.07) is 0.278. The van der Waals surface area contributed by atoms with Crippen LogP contribution in [0.3, 0.4) is 0 Å². The van der Waals surface area contributed by atoms with Crippen molar-refractivity contribution in [3.05, 3.63) is 0 Å². The molecule has 1 rings (SSSR count). The highest BCUT2D eigenvalue weighted by atomic mass is 32.2. The maximum absolute atomic E-state index is 12.0. The standard InChI is InChI=1S/C12H23NO4S/c1-3-11(12(14)15)18(16,17)9-7-10-6-4-5-8-13(10)2/h10-11H,3-9H2,1-2H3,(H,14,15). The van der Waals surface area contributed by atoms with Gasteiger partial charge in [0, 0.05) is 6.04 Å². The van der Waals surface area contributed by atoms with E-state index in [-0.39, 0.29) is 18.2 Å². The second-order valence-corrected chi connectivity index (χ2v) is 7.32. The number of likely N-dealkylation sites (tertiary alicyclic amines) is 1. The average Bonchev–Trinajstić information content (AvgIpc) is 2.28. The van der Waals surface area contributed by atoms with Crippen molar-refractivity contribution in [2.24, 2.45) is 0 Å². The number of carbonyl (C=O) groups is 1. The molecule has 0 aromatic rings. The van der Waals surface area contributed by atoms with Gasteiger partial charge in [-0.05, 0) is 39.3 Å². The van der Waals surface area contributed by atoms with E-state index < -0.39 is 21.1 Å². The molecule has 1 N–H and O–H groups in total. The maximum atomic E-state index is 12.0. The molecule has 0 radical (unpaired) electrons. The van der Waals surface area contributed by atoms with Crippen LogP contribution in [0.25, 0.3) is 0 Å². The largest absolute Gasteiger partial charge is 0.480 e. The monoisotopic (exact) mass is 277 g/mol. The predicted molar refractivity (Wildman–Crippen MR) is 70.4 cm³/mol. The van der Waals surface area contributed by atoms with Crippen LogP contribution in [0, 0.1) is 0 Å². The Hall–Kier alpha value is -0.620. The zero-order valence-electron chi connectivity index (χ0n) is 11.1. The van der Waals surface area contributed by atoms with E-state index in [0.29, 0.717) is 6.42 Å². The van der Waals surface area contributed by atoms with Crippen LogP contribution in [0.15, 0.2) is 0 Å². The van der Waals surface area contributed by atoms with E-state index in [1.54, 1.807) is 6.92 Å². The van der Waals surface area contributed by atoms with Crippen LogP contribution in [0.5, 0.6) is 0 Å². The summed E-state index contributed by atoms with van der Waals surface area (Å²) in [5.74, 6) is -1.25. The molecule has 2 unspecified atom stereocenters. The van der Waals surface area contributed by atoms with Crippen molar-refractivity contribution >= 4 is 15.8 Å². The summed E-state index contributed by atoms with van der Waals surface area (Å²) in [6.45, 7) is 2.60. The van der Waals surface area contributed by atoms with Gasteiger partial charge in [0.1, 0.15) is 0 Å². The third-order valence-corrected chi connectivity index (χ3v) is 5.94. The summed E-state index contributed by atoms with van der Waals surface area (Å²) in [7, 11) is -1.52. The smallest absolute Gasteiger partial charge is 0.321 e. The highest BCUT2D eigenvalue weighted by Gasteiger charge is 2.31. The molecule has 0 bridgehead atoms. The fourth-order valence-electron chi connectivity index (χ4n) is 2.53. The van der Waals surface area contributed by atoms with E-state index in [4.69, 9.17) is 5.11 Å². The Kier molecular flexibility index (Phi) is 5.59. The molecule has 0 saturated carbocycles. The number of carboxylic acid groups (broad SMARTS) is 1. The molecule has 0 spiro atoms. The van der Waals surface area contributed by atoms with E-state index in [9.17, 15) is 13.2 Å². The van der Waals surface area contributed by atoms with Gasteiger partial charge < -0.3 is 10.0 Å². The van der Waals surface area contributed by atoms with Crippen molar-refractivity contribution in [3.63, 3.8) is 0 Å². The number of piperidine rings is 1. The van der Waals surface area contributed by atoms with Crippen LogP contribution < -0.4 is 0 Å². The summed E-state index contributed by atoms with van der Waals surface area (Å²) in [5.41, 5.74) is 0. The molecule has 1 saturated heterocycles. The Labute approximate surface area is 109 Å². The van der Waals surface area contributed by atoms with E-state index in [1.165, 1.54) is 0 Å². The molecule has 5 nitrogen and oxygen atoms in total. The molecule has 1 aliphatic rings. The van der Waals surface area contributed by atoms with Gasteiger partial charge in [-0.15, -0.1) is 0 Å². The van der Waals surface area contributed by atoms with Gasteiger partial charge in [-0.2, -0.15) is 0 Å². The van der Waals surface area contributed by atoms with Gasteiger partial charge in [0.25, 0.3) is 0 Å². The first-order valence-electron chi connectivity index (χ1n) is 6.53. The number of carboxylic acids is 1. The zero-order chi connectivity index (χ0) is 13.8. The lowest BCUT2D eigenvalue weighted by atomic mass is 10.0. The van der Waals surface area contributed by atoms with Crippen molar-refractivity contribution in [1.82, 2.24) is 4.90 Å². The highest BCUT2D eigenvalue weighted by molar-refractivity contribution is 7.92. The van der Waals surface area contributed by atoms with E-state index in [0.717, 1.165) is 25.8 Å². The second kappa shape index (κ2) is 6.52. The number of hydrogen-bond donors (Lipinski definition) is 1. The quantitative estimate of drug-likeness (QED) is 0.788. The summed E-state index contributed by atoms with van der Waals surface area (Å²) in [6.07, 6.45) is 3.98. The molecular weight excluding hydrogens is 254 g/mol. The Morgan fingerprint density at radius 3 is 2.61 bits per heavy atom. The van der Waals surface area contributed by atoms with Crippen LogP contribution in [0.2, 0.25) is 0 Å². The molecule has 0 aromatic heterocycles. The lowest BCUT2D eigenvalue weighted by Crippen LogP contribution is -2.39. The summed E-state index contributed by atoms with van der Waals surface area (Å²) in [5, 5.41) is 7.66. The van der Waals surface area contributed by atoms with Gasteiger partial charge in [0.2, 0.25) is 0 Å². The van der Waals surface area contributed by atoms with Gasteiger partial charge in [-0.3, -0.25) is 4.79 Å². The Morgan fingerprint density at radius 2 is 2.11 bits per heavy atom. The Bertz CT molecular complexity index is 380. The van der Waals surface area contributed by atoms with Crippen molar-refractivity contribution in [3.8, 4) is 0 Å². The normalized spacial score (nSPS) is 23.8. The predicted octanol–water partition coefficient (Wildman–Crippen LogP) is 1.14. The SMILES string of the molecule is CCC(C(=O)O)S(=O)(=O)CCC1CCCCN1C. The first kappa shape index (κ1) is 15.4. The van der Waals surface area contributed by atoms with Gasteiger partial charge in [-0.1, -0.05) is 13.3 Å². The first-order chi connectivity index (χ1) is 8.38. The van der Waals surface area contributed by atoms with Crippen molar-refractivity contribution in [2.45, 2.75) is 50.3 Å². The molecule has 106 valence electrons. The van der Waals surface area contributed by atoms with Gasteiger partial charge in [0.15, 0.2) is 15.1 Å². The fourth-order valence-corrected chi connectivity index (χ4v) is 4.23. The molecule has 18 heavy (non-hydrogen) atoms. The minimum atomic E-state index is -3.52. The molecule has 0 aliphatic carbocycles. The van der Waals surface area contributed by atoms with Gasteiger partial charge >= 0.3 is 5.97 Å². The minimum absolute atomic E-state index is 0.0210. The van der Waals surface area contributed by atoms with Crippen LogP contribution in [0.4, 0.5) is 0 Å². The third-order valence-electron chi connectivity index (χ3n) is 3.74. The molecule has 0 amide bonds. The third kappa shape index (κ3) is 3.95. The lowest BCUT2D eigenvalue weighted by molar-refractivity contribution is -0.136. The van der Waals surface area contributed by atoms with Gasteiger partial charge in [-0.25, -0.2) is 8.42 Å². The van der Waals surface area contributed by atoms with Crippen LogP contribution in [0.1, 0.15) is 39.0 Å². The zero-order valence-corrected chi connectivity index (χ0v) is 11.9. The molecule has 1 aliphatic heterocycles. The summed E-state index contributed by atoms with van der Waals surface area (Å²) < 4.78 is 23.9. The van der Waals surface area contributed by atoms with Crippen LogP contribution in [-0.2, 0) is 14.6 Å². The molecule has 6 heteroatoms.